The van der Waals surface area contributed by atoms with Gasteiger partial charge in [0.05, 0.1) is 11.5 Å². The van der Waals surface area contributed by atoms with Crippen molar-refractivity contribution >= 4 is 17.3 Å². The van der Waals surface area contributed by atoms with E-state index in [1.165, 1.54) is 6.07 Å². The van der Waals surface area contributed by atoms with Crippen molar-refractivity contribution in [2.24, 2.45) is 5.92 Å². The van der Waals surface area contributed by atoms with Crippen molar-refractivity contribution in [2.45, 2.75) is 12.8 Å². The fraction of sp³-hybridized carbons (Fsp3) is 0.400. The molecule has 0 radical (unpaired) electrons. The molecule has 1 saturated carbocycles. The highest BCUT2D eigenvalue weighted by atomic mass is 35.5. The van der Waals surface area contributed by atoms with Crippen molar-refractivity contribution < 1.29 is 14.1 Å². The van der Waals surface area contributed by atoms with Crippen LogP contribution in [0.15, 0.2) is 12.1 Å². The third kappa shape index (κ3) is 2.24. The summed E-state index contributed by atoms with van der Waals surface area (Å²) in [5, 5.41) is 10.1. The average molecular weight is 246 g/mol. The molecule has 0 atom stereocenters. The minimum absolute atomic E-state index is 0.164. The molecule has 1 aromatic rings. The molecule has 4 nitrogen and oxygen atoms in total. The fourth-order valence-electron chi connectivity index (χ4n) is 1.27. The van der Waals surface area contributed by atoms with Crippen LogP contribution in [-0.2, 0) is 0 Å². The Balaban J connectivity index is 2.19. The number of ether oxygens (including phenoxy) is 1. The van der Waals surface area contributed by atoms with Crippen molar-refractivity contribution in [3.63, 3.8) is 0 Å². The Kier molecular flexibility index (Phi) is 2.96. The van der Waals surface area contributed by atoms with Crippen molar-refractivity contribution in [1.82, 2.24) is 0 Å². The molecule has 16 heavy (non-hydrogen) atoms. The summed E-state index contributed by atoms with van der Waals surface area (Å²) in [7, 11) is 0. The van der Waals surface area contributed by atoms with Gasteiger partial charge in [0.25, 0.3) is 0 Å². The lowest BCUT2D eigenvalue weighted by Crippen LogP contribution is -2.01. The van der Waals surface area contributed by atoms with Crippen LogP contribution in [0, 0.1) is 21.8 Å². The Labute approximate surface area is 96.1 Å². The molecule has 0 amide bonds. The van der Waals surface area contributed by atoms with E-state index in [-0.39, 0.29) is 10.8 Å². The molecule has 0 saturated heterocycles. The number of rotatable bonds is 4. The molecule has 1 aliphatic rings. The van der Waals surface area contributed by atoms with Gasteiger partial charge in [-0.3, -0.25) is 10.1 Å². The monoisotopic (exact) mass is 245 g/mol. The lowest BCUT2D eigenvalue weighted by molar-refractivity contribution is -0.387. The average Bonchev–Trinajstić information content (AvgIpc) is 3.03. The second-order valence-corrected chi connectivity index (χ2v) is 4.10. The molecule has 0 bridgehead atoms. The van der Waals surface area contributed by atoms with E-state index in [2.05, 4.69) is 0 Å². The van der Waals surface area contributed by atoms with E-state index in [0.717, 1.165) is 18.9 Å². The van der Waals surface area contributed by atoms with Gasteiger partial charge in [-0.05, 0) is 24.8 Å². The van der Waals surface area contributed by atoms with Gasteiger partial charge in [-0.1, -0.05) is 11.6 Å². The number of nitro benzene ring substituents is 1. The highest BCUT2D eigenvalue weighted by Crippen LogP contribution is 2.35. The van der Waals surface area contributed by atoms with E-state index in [1.54, 1.807) is 0 Å². The van der Waals surface area contributed by atoms with Crippen LogP contribution in [0.25, 0.3) is 0 Å². The van der Waals surface area contributed by atoms with E-state index < -0.39 is 16.4 Å². The molecule has 0 aliphatic heterocycles. The Hall–Kier alpha value is -1.36. The first-order valence-corrected chi connectivity index (χ1v) is 5.22. The van der Waals surface area contributed by atoms with Crippen LogP contribution in [-0.4, -0.2) is 11.5 Å². The van der Waals surface area contributed by atoms with Gasteiger partial charge in [0.1, 0.15) is 10.8 Å². The number of nitrogens with zero attached hydrogens (tertiary/aromatic N) is 1. The van der Waals surface area contributed by atoms with Gasteiger partial charge in [0, 0.05) is 6.07 Å². The zero-order valence-electron chi connectivity index (χ0n) is 8.28. The third-order valence-corrected chi connectivity index (χ3v) is 2.75. The standard InChI is InChI=1S/C10H9ClFNO3/c11-9-8(16-5-6-1-2-6)4-3-7(10(9)12)13(14)15/h3-4,6H,1-2,5H2. The highest BCUT2D eigenvalue weighted by Gasteiger charge is 2.24. The highest BCUT2D eigenvalue weighted by molar-refractivity contribution is 6.32. The predicted molar refractivity (Wildman–Crippen MR) is 56.3 cm³/mol. The Morgan fingerprint density at radius 2 is 2.25 bits per heavy atom. The SMILES string of the molecule is O=[N+]([O-])c1ccc(OCC2CC2)c(Cl)c1F. The minimum Gasteiger partial charge on any atom is -0.492 e. The fourth-order valence-corrected chi connectivity index (χ4v) is 1.48. The smallest absolute Gasteiger partial charge is 0.306 e. The van der Waals surface area contributed by atoms with Gasteiger partial charge in [0.15, 0.2) is 0 Å². The number of hydrogen-bond acceptors (Lipinski definition) is 3. The van der Waals surface area contributed by atoms with Gasteiger partial charge >= 0.3 is 5.69 Å². The van der Waals surface area contributed by atoms with Gasteiger partial charge in [-0.15, -0.1) is 0 Å². The summed E-state index contributed by atoms with van der Waals surface area (Å²) in [4.78, 5) is 9.61. The first-order valence-electron chi connectivity index (χ1n) is 4.84. The summed E-state index contributed by atoms with van der Waals surface area (Å²) in [6.07, 6.45) is 2.21. The number of benzene rings is 1. The Morgan fingerprint density at radius 1 is 1.56 bits per heavy atom. The maximum Gasteiger partial charge on any atom is 0.306 e. The van der Waals surface area contributed by atoms with E-state index >= 15 is 0 Å². The van der Waals surface area contributed by atoms with Crippen molar-refractivity contribution in [2.75, 3.05) is 6.61 Å². The van der Waals surface area contributed by atoms with Gasteiger partial charge in [-0.2, -0.15) is 4.39 Å². The van der Waals surface area contributed by atoms with Crippen molar-refractivity contribution in [3.8, 4) is 5.75 Å². The quantitative estimate of drug-likeness (QED) is 0.605. The van der Waals surface area contributed by atoms with E-state index in [4.69, 9.17) is 16.3 Å². The van der Waals surface area contributed by atoms with Gasteiger partial charge in [-0.25, -0.2) is 0 Å². The molecular weight excluding hydrogens is 237 g/mol. The molecule has 1 aromatic carbocycles. The molecule has 0 heterocycles. The number of halogens is 2. The van der Waals surface area contributed by atoms with Crippen LogP contribution >= 0.6 is 11.6 Å². The van der Waals surface area contributed by atoms with Crippen molar-refractivity contribution in [1.29, 1.82) is 0 Å². The summed E-state index contributed by atoms with van der Waals surface area (Å²) in [5.41, 5.74) is -0.635. The predicted octanol–water partition coefficient (Wildman–Crippen LogP) is 3.18. The zero-order chi connectivity index (χ0) is 11.7. The number of hydrogen-bond donors (Lipinski definition) is 0. The summed E-state index contributed by atoms with van der Waals surface area (Å²) >= 11 is 5.64. The molecule has 1 fully saturated rings. The number of nitro groups is 1. The maximum absolute atomic E-state index is 13.4. The molecular formula is C10H9ClFNO3. The molecule has 0 spiro atoms. The molecule has 1 aliphatic carbocycles. The van der Waals surface area contributed by atoms with Crippen LogP contribution in [0.2, 0.25) is 5.02 Å². The minimum atomic E-state index is -1.04. The topological polar surface area (TPSA) is 52.4 Å². The lowest BCUT2D eigenvalue weighted by atomic mass is 10.3. The summed E-state index contributed by atoms with van der Waals surface area (Å²) in [6, 6.07) is 2.38. The Bertz CT molecular complexity index is 434. The van der Waals surface area contributed by atoms with Crippen LogP contribution in [0.3, 0.4) is 0 Å². The van der Waals surface area contributed by atoms with Crippen LogP contribution in [0.4, 0.5) is 10.1 Å². The lowest BCUT2D eigenvalue weighted by Gasteiger charge is -2.07. The van der Waals surface area contributed by atoms with Crippen LogP contribution in [0.1, 0.15) is 12.8 Å². The van der Waals surface area contributed by atoms with Crippen LogP contribution in [0.5, 0.6) is 5.75 Å². The molecule has 0 unspecified atom stereocenters. The molecule has 0 N–H and O–H groups in total. The normalized spacial score (nSPS) is 14.9. The van der Waals surface area contributed by atoms with Gasteiger partial charge < -0.3 is 4.74 Å². The van der Waals surface area contributed by atoms with E-state index in [0.29, 0.717) is 12.5 Å². The van der Waals surface area contributed by atoms with Crippen molar-refractivity contribution in [3.05, 3.63) is 33.1 Å². The summed E-state index contributed by atoms with van der Waals surface area (Å²) in [5.74, 6) is -0.369. The Morgan fingerprint density at radius 3 is 2.81 bits per heavy atom. The molecule has 2 rings (SSSR count). The first kappa shape index (κ1) is 11.1. The second-order valence-electron chi connectivity index (χ2n) is 3.72. The zero-order valence-corrected chi connectivity index (χ0v) is 9.04. The molecule has 86 valence electrons. The van der Waals surface area contributed by atoms with E-state index in [1.807, 2.05) is 0 Å². The van der Waals surface area contributed by atoms with Gasteiger partial charge in [0.2, 0.25) is 5.82 Å². The van der Waals surface area contributed by atoms with Crippen LogP contribution < -0.4 is 4.74 Å². The summed E-state index contributed by atoms with van der Waals surface area (Å²) < 4.78 is 18.7. The maximum atomic E-state index is 13.4. The third-order valence-electron chi connectivity index (χ3n) is 2.39. The summed E-state index contributed by atoms with van der Waals surface area (Å²) in [6.45, 7) is 0.483. The largest absolute Gasteiger partial charge is 0.492 e. The molecule has 0 aromatic heterocycles. The van der Waals surface area contributed by atoms with E-state index in [9.17, 15) is 14.5 Å². The second kappa shape index (κ2) is 4.25. The first-order chi connectivity index (χ1) is 7.59. The molecule has 6 heteroatoms.